The lowest BCUT2D eigenvalue weighted by Gasteiger charge is -2.31. The SMILES string of the molecule is CC(C)(C)C(NCc1nnc(-c2ccc(Cl)cc2)o1)c1ccccc1. The number of nitrogens with one attached hydrogen (secondary N) is 1. The number of rotatable bonds is 5. The first-order chi connectivity index (χ1) is 11.9. The van der Waals surface area contributed by atoms with Crippen LogP contribution >= 0.6 is 11.6 Å². The summed E-state index contributed by atoms with van der Waals surface area (Å²) in [5.41, 5.74) is 2.16. The fourth-order valence-electron chi connectivity index (χ4n) is 2.79. The maximum Gasteiger partial charge on any atom is 0.247 e. The molecule has 4 nitrogen and oxygen atoms in total. The third kappa shape index (κ3) is 4.47. The van der Waals surface area contributed by atoms with E-state index in [1.54, 1.807) is 0 Å². The second kappa shape index (κ2) is 7.38. The molecule has 25 heavy (non-hydrogen) atoms. The van der Waals surface area contributed by atoms with Gasteiger partial charge in [-0.25, -0.2) is 0 Å². The molecule has 5 heteroatoms. The minimum atomic E-state index is 0.0559. The van der Waals surface area contributed by atoms with Crippen LogP contribution in [0.15, 0.2) is 59.0 Å². The van der Waals surface area contributed by atoms with E-state index < -0.39 is 0 Å². The van der Waals surface area contributed by atoms with Crippen LogP contribution in [0.1, 0.15) is 38.3 Å². The Kier molecular flexibility index (Phi) is 5.21. The minimum Gasteiger partial charge on any atom is -0.419 e. The van der Waals surface area contributed by atoms with Crippen LogP contribution < -0.4 is 5.32 Å². The third-order valence-corrected chi connectivity index (χ3v) is 4.27. The Hall–Kier alpha value is -2.17. The smallest absolute Gasteiger partial charge is 0.247 e. The van der Waals surface area contributed by atoms with E-state index in [2.05, 4.69) is 60.6 Å². The van der Waals surface area contributed by atoms with Crippen LogP contribution in [-0.4, -0.2) is 10.2 Å². The summed E-state index contributed by atoms with van der Waals surface area (Å²) in [5.74, 6) is 1.07. The topological polar surface area (TPSA) is 51.0 Å². The number of halogens is 1. The van der Waals surface area contributed by atoms with E-state index in [1.807, 2.05) is 30.3 Å². The molecule has 0 aliphatic rings. The third-order valence-electron chi connectivity index (χ3n) is 4.01. The molecule has 0 bridgehead atoms. The Bertz CT molecular complexity index is 807. The highest BCUT2D eigenvalue weighted by Crippen LogP contribution is 2.33. The summed E-state index contributed by atoms with van der Waals surface area (Å²) in [6.45, 7) is 7.15. The zero-order valence-electron chi connectivity index (χ0n) is 14.7. The van der Waals surface area contributed by atoms with Gasteiger partial charge in [0, 0.05) is 16.6 Å². The zero-order valence-corrected chi connectivity index (χ0v) is 15.4. The van der Waals surface area contributed by atoms with Gasteiger partial charge in [0.15, 0.2) is 0 Å². The summed E-state index contributed by atoms with van der Waals surface area (Å²) in [7, 11) is 0. The molecule has 3 aromatic rings. The van der Waals surface area contributed by atoms with Crippen molar-refractivity contribution in [3.8, 4) is 11.5 Å². The first kappa shape index (κ1) is 17.6. The summed E-state index contributed by atoms with van der Waals surface area (Å²) >= 11 is 5.91. The molecule has 0 fully saturated rings. The lowest BCUT2D eigenvalue weighted by Crippen LogP contribution is -2.32. The molecular weight excluding hydrogens is 334 g/mol. The van der Waals surface area contributed by atoms with Crippen molar-refractivity contribution >= 4 is 11.6 Å². The van der Waals surface area contributed by atoms with Crippen LogP contribution in [0.25, 0.3) is 11.5 Å². The molecule has 3 rings (SSSR count). The number of hydrogen-bond acceptors (Lipinski definition) is 4. The van der Waals surface area contributed by atoms with Gasteiger partial charge in [0.25, 0.3) is 0 Å². The van der Waals surface area contributed by atoms with E-state index in [4.69, 9.17) is 16.0 Å². The summed E-state index contributed by atoms with van der Waals surface area (Å²) in [6.07, 6.45) is 0. The van der Waals surface area contributed by atoms with E-state index in [0.29, 0.717) is 23.3 Å². The fraction of sp³-hybridized carbons (Fsp3) is 0.300. The molecule has 0 aliphatic heterocycles. The highest BCUT2D eigenvalue weighted by atomic mass is 35.5. The van der Waals surface area contributed by atoms with E-state index in [9.17, 15) is 0 Å². The van der Waals surface area contributed by atoms with Gasteiger partial charge in [-0.15, -0.1) is 10.2 Å². The highest BCUT2D eigenvalue weighted by molar-refractivity contribution is 6.30. The molecule has 2 aromatic carbocycles. The van der Waals surface area contributed by atoms with Crippen molar-refractivity contribution < 1.29 is 4.42 Å². The standard InChI is InChI=1S/C20H22ClN3O/c1-20(2,3)18(14-7-5-4-6-8-14)22-13-17-23-24-19(25-17)15-9-11-16(21)12-10-15/h4-12,18,22H,13H2,1-3H3. The number of benzene rings is 2. The van der Waals surface area contributed by atoms with Crippen LogP contribution in [-0.2, 0) is 6.54 Å². The van der Waals surface area contributed by atoms with Crippen LogP contribution in [0.4, 0.5) is 0 Å². The maximum absolute atomic E-state index is 5.91. The summed E-state index contributed by atoms with van der Waals surface area (Å²) in [4.78, 5) is 0. The Morgan fingerprint density at radius 1 is 1.00 bits per heavy atom. The molecule has 1 heterocycles. The van der Waals surface area contributed by atoms with E-state index in [1.165, 1.54) is 5.56 Å². The fourth-order valence-corrected chi connectivity index (χ4v) is 2.92. The Balaban J connectivity index is 1.73. The van der Waals surface area contributed by atoms with Gasteiger partial charge in [0.1, 0.15) is 0 Å². The normalized spacial score (nSPS) is 13.0. The number of aromatic nitrogens is 2. The Labute approximate surface area is 153 Å². The van der Waals surface area contributed by atoms with Gasteiger partial charge in [-0.2, -0.15) is 0 Å². The van der Waals surface area contributed by atoms with Gasteiger partial charge in [-0.3, -0.25) is 0 Å². The second-order valence-electron chi connectivity index (χ2n) is 7.10. The van der Waals surface area contributed by atoms with Gasteiger partial charge in [-0.05, 0) is 35.2 Å². The molecule has 0 saturated carbocycles. The predicted molar refractivity (Wildman–Crippen MR) is 100 cm³/mol. The van der Waals surface area contributed by atoms with Crippen LogP contribution in [0.3, 0.4) is 0 Å². The van der Waals surface area contributed by atoms with Gasteiger partial charge in [0.2, 0.25) is 11.8 Å². The number of nitrogens with zero attached hydrogens (tertiary/aromatic N) is 2. The van der Waals surface area contributed by atoms with Crippen LogP contribution in [0, 0.1) is 5.41 Å². The van der Waals surface area contributed by atoms with Crippen molar-refractivity contribution in [1.29, 1.82) is 0 Å². The summed E-state index contributed by atoms with van der Waals surface area (Å²) in [5, 5.41) is 12.5. The van der Waals surface area contributed by atoms with Crippen molar-refractivity contribution in [2.24, 2.45) is 5.41 Å². The second-order valence-corrected chi connectivity index (χ2v) is 7.53. The van der Waals surface area contributed by atoms with Gasteiger partial charge in [0.05, 0.1) is 6.54 Å². The summed E-state index contributed by atoms with van der Waals surface area (Å²) < 4.78 is 5.78. The molecule has 0 saturated heterocycles. The van der Waals surface area contributed by atoms with Crippen molar-refractivity contribution in [2.45, 2.75) is 33.4 Å². The lowest BCUT2D eigenvalue weighted by molar-refractivity contribution is 0.263. The van der Waals surface area contributed by atoms with Crippen molar-refractivity contribution in [3.63, 3.8) is 0 Å². The molecule has 130 valence electrons. The first-order valence-corrected chi connectivity index (χ1v) is 8.68. The van der Waals surface area contributed by atoms with E-state index in [0.717, 1.165) is 5.56 Å². The van der Waals surface area contributed by atoms with Crippen molar-refractivity contribution in [1.82, 2.24) is 15.5 Å². The van der Waals surface area contributed by atoms with Crippen LogP contribution in [0.5, 0.6) is 0 Å². The lowest BCUT2D eigenvalue weighted by atomic mass is 9.82. The molecule has 1 N–H and O–H groups in total. The highest BCUT2D eigenvalue weighted by Gasteiger charge is 2.26. The predicted octanol–water partition coefficient (Wildman–Crippen LogP) is 5.27. The molecule has 0 spiro atoms. The Morgan fingerprint density at radius 2 is 1.68 bits per heavy atom. The number of hydrogen-bond donors (Lipinski definition) is 1. The molecule has 0 amide bonds. The quantitative estimate of drug-likeness (QED) is 0.677. The molecule has 1 aromatic heterocycles. The van der Waals surface area contributed by atoms with Gasteiger partial charge in [-0.1, -0.05) is 62.7 Å². The van der Waals surface area contributed by atoms with Crippen molar-refractivity contribution in [3.05, 3.63) is 71.1 Å². The molecule has 0 aliphatic carbocycles. The maximum atomic E-state index is 5.91. The molecule has 1 atom stereocenters. The molecule has 0 radical (unpaired) electrons. The molecular formula is C20H22ClN3O. The van der Waals surface area contributed by atoms with Crippen molar-refractivity contribution in [2.75, 3.05) is 0 Å². The minimum absolute atomic E-state index is 0.0559. The van der Waals surface area contributed by atoms with Gasteiger partial charge < -0.3 is 9.73 Å². The van der Waals surface area contributed by atoms with E-state index in [-0.39, 0.29) is 11.5 Å². The Morgan fingerprint density at radius 3 is 2.32 bits per heavy atom. The summed E-state index contributed by atoms with van der Waals surface area (Å²) in [6, 6.07) is 17.9. The largest absolute Gasteiger partial charge is 0.419 e. The monoisotopic (exact) mass is 355 g/mol. The van der Waals surface area contributed by atoms with Gasteiger partial charge >= 0.3 is 0 Å². The average Bonchev–Trinajstić information content (AvgIpc) is 3.04. The molecule has 1 unspecified atom stereocenters. The van der Waals surface area contributed by atoms with E-state index >= 15 is 0 Å². The zero-order chi connectivity index (χ0) is 17.9. The first-order valence-electron chi connectivity index (χ1n) is 8.30. The average molecular weight is 356 g/mol. The van der Waals surface area contributed by atoms with Crippen LogP contribution in [0.2, 0.25) is 5.02 Å².